The zero-order valence-corrected chi connectivity index (χ0v) is 12.2. The lowest BCUT2D eigenvalue weighted by molar-refractivity contribution is 1.10. The average molecular weight is 310 g/mol. The van der Waals surface area contributed by atoms with Crippen molar-refractivity contribution in [3.8, 4) is 0 Å². The number of alkyl halides is 1. The van der Waals surface area contributed by atoms with Crippen molar-refractivity contribution in [1.82, 2.24) is 0 Å². The molecular formula is C15H14BrCl. The van der Waals surface area contributed by atoms with E-state index in [4.69, 9.17) is 11.6 Å². The Kier molecular flexibility index (Phi) is 3.90. The van der Waals surface area contributed by atoms with Gasteiger partial charge in [0.15, 0.2) is 0 Å². The van der Waals surface area contributed by atoms with E-state index < -0.39 is 0 Å². The molecular weight excluding hydrogens is 296 g/mol. The molecule has 2 heteroatoms. The van der Waals surface area contributed by atoms with Crippen LogP contribution in [0.15, 0.2) is 46.9 Å². The van der Waals surface area contributed by atoms with Crippen LogP contribution in [0.3, 0.4) is 0 Å². The summed E-state index contributed by atoms with van der Waals surface area (Å²) in [5, 5.41) is -0.105. The molecule has 0 radical (unpaired) electrons. The SMILES string of the molecule is Cc1ccc(C(Cl)c2ccccc2Br)c(C)c1. The molecule has 0 bridgehead atoms. The van der Waals surface area contributed by atoms with Crippen LogP contribution in [0.5, 0.6) is 0 Å². The van der Waals surface area contributed by atoms with E-state index >= 15 is 0 Å². The molecule has 0 fully saturated rings. The van der Waals surface area contributed by atoms with E-state index in [0.717, 1.165) is 10.0 Å². The molecule has 0 aromatic heterocycles. The summed E-state index contributed by atoms with van der Waals surface area (Å²) in [6.07, 6.45) is 0. The monoisotopic (exact) mass is 308 g/mol. The maximum absolute atomic E-state index is 6.56. The van der Waals surface area contributed by atoms with Crippen molar-refractivity contribution < 1.29 is 0 Å². The summed E-state index contributed by atoms with van der Waals surface area (Å²) in [4.78, 5) is 0. The Bertz CT molecular complexity index is 534. The fourth-order valence-corrected chi connectivity index (χ4v) is 3.04. The summed E-state index contributed by atoms with van der Waals surface area (Å²) >= 11 is 10.1. The minimum Gasteiger partial charge on any atom is -0.113 e. The zero-order chi connectivity index (χ0) is 12.4. The van der Waals surface area contributed by atoms with E-state index in [0.29, 0.717) is 0 Å². The summed E-state index contributed by atoms with van der Waals surface area (Å²) in [5.41, 5.74) is 4.79. The molecule has 0 saturated heterocycles. The van der Waals surface area contributed by atoms with Gasteiger partial charge in [-0.1, -0.05) is 57.9 Å². The number of hydrogen-bond donors (Lipinski definition) is 0. The van der Waals surface area contributed by atoms with E-state index in [2.05, 4.69) is 54.0 Å². The third-order valence-corrected chi connectivity index (χ3v) is 4.07. The molecule has 0 amide bonds. The van der Waals surface area contributed by atoms with Gasteiger partial charge in [0, 0.05) is 4.47 Å². The fraction of sp³-hybridized carbons (Fsp3) is 0.200. The smallest absolute Gasteiger partial charge is 0.0848 e. The van der Waals surface area contributed by atoms with Gasteiger partial charge in [0.2, 0.25) is 0 Å². The van der Waals surface area contributed by atoms with E-state index in [1.165, 1.54) is 16.7 Å². The van der Waals surface area contributed by atoms with Crippen LogP contribution in [0.1, 0.15) is 27.6 Å². The lowest BCUT2D eigenvalue weighted by Gasteiger charge is -2.15. The summed E-state index contributed by atoms with van der Waals surface area (Å²) in [6, 6.07) is 14.5. The summed E-state index contributed by atoms with van der Waals surface area (Å²) < 4.78 is 1.06. The first kappa shape index (κ1) is 12.7. The van der Waals surface area contributed by atoms with Crippen molar-refractivity contribution in [1.29, 1.82) is 0 Å². The minimum absolute atomic E-state index is 0.105. The van der Waals surface area contributed by atoms with Crippen molar-refractivity contribution in [3.05, 3.63) is 69.2 Å². The van der Waals surface area contributed by atoms with Crippen molar-refractivity contribution in [2.45, 2.75) is 19.2 Å². The van der Waals surface area contributed by atoms with Gasteiger partial charge in [-0.15, -0.1) is 11.6 Å². The van der Waals surface area contributed by atoms with Crippen molar-refractivity contribution in [2.24, 2.45) is 0 Å². The fourth-order valence-electron chi connectivity index (χ4n) is 1.96. The predicted molar refractivity (Wildman–Crippen MR) is 77.8 cm³/mol. The maximum Gasteiger partial charge on any atom is 0.0848 e. The Labute approximate surface area is 116 Å². The zero-order valence-electron chi connectivity index (χ0n) is 9.87. The van der Waals surface area contributed by atoms with E-state index in [1.807, 2.05) is 18.2 Å². The Hall–Kier alpha value is -0.790. The van der Waals surface area contributed by atoms with Gasteiger partial charge in [-0.2, -0.15) is 0 Å². The second-order valence-corrected chi connectivity index (χ2v) is 5.53. The topological polar surface area (TPSA) is 0 Å². The van der Waals surface area contributed by atoms with Gasteiger partial charge in [-0.25, -0.2) is 0 Å². The molecule has 1 atom stereocenters. The number of rotatable bonds is 2. The van der Waals surface area contributed by atoms with E-state index in [1.54, 1.807) is 0 Å². The Morgan fingerprint density at radius 3 is 2.35 bits per heavy atom. The first-order valence-electron chi connectivity index (χ1n) is 5.55. The molecule has 0 aliphatic rings. The molecule has 2 aromatic rings. The van der Waals surface area contributed by atoms with Gasteiger partial charge in [-0.3, -0.25) is 0 Å². The second-order valence-electron chi connectivity index (χ2n) is 4.24. The average Bonchev–Trinajstić information content (AvgIpc) is 2.29. The van der Waals surface area contributed by atoms with Crippen LogP contribution >= 0.6 is 27.5 Å². The summed E-state index contributed by atoms with van der Waals surface area (Å²) in [5.74, 6) is 0. The quantitative estimate of drug-likeness (QED) is 0.652. The Morgan fingerprint density at radius 2 is 1.71 bits per heavy atom. The highest BCUT2D eigenvalue weighted by Gasteiger charge is 2.15. The molecule has 0 heterocycles. The third-order valence-electron chi connectivity index (χ3n) is 2.88. The van der Waals surface area contributed by atoms with Crippen LogP contribution in [0.2, 0.25) is 0 Å². The first-order valence-corrected chi connectivity index (χ1v) is 6.78. The molecule has 1 unspecified atom stereocenters. The van der Waals surface area contributed by atoms with Crippen LogP contribution in [0.4, 0.5) is 0 Å². The van der Waals surface area contributed by atoms with Gasteiger partial charge in [-0.05, 0) is 36.6 Å². The third kappa shape index (κ3) is 2.72. The first-order chi connectivity index (χ1) is 8.09. The van der Waals surface area contributed by atoms with Crippen LogP contribution in [-0.2, 0) is 0 Å². The normalized spacial score (nSPS) is 12.5. The maximum atomic E-state index is 6.56. The summed E-state index contributed by atoms with van der Waals surface area (Å²) in [7, 11) is 0. The Morgan fingerprint density at radius 1 is 1.00 bits per heavy atom. The largest absolute Gasteiger partial charge is 0.113 e. The Balaban J connectivity index is 2.44. The molecule has 2 rings (SSSR count). The van der Waals surface area contributed by atoms with Crippen LogP contribution < -0.4 is 0 Å². The molecule has 88 valence electrons. The van der Waals surface area contributed by atoms with Crippen LogP contribution in [0.25, 0.3) is 0 Å². The number of aryl methyl sites for hydroxylation is 2. The van der Waals surface area contributed by atoms with Gasteiger partial charge in [0.25, 0.3) is 0 Å². The van der Waals surface area contributed by atoms with Gasteiger partial charge >= 0.3 is 0 Å². The second kappa shape index (κ2) is 5.24. The number of benzene rings is 2. The lowest BCUT2D eigenvalue weighted by Crippen LogP contribution is -1.97. The molecule has 17 heavy (non-hydrogen) atoms. The van der Waals surface area contributed by atoms with Crippen molar-refractivity contribution in [2.75, 3.05) is 0 Å². The predicted octanol–water partition coefficient (Wildman–Crippen LogP) is 5.39. The van der Waals surface area contributed by atoms with E-state index in [-0.39, 0.29) is 5.38 Å². The van der Waals surface area contributed by atoms with Crippen LogP contribution in [-0.4, -0.2) is 0 Å². The highest BCUT2D eigenvalue weighted by atomic mass is 79.9. The molecule has 0 aliphatic carbocycles. The lowest BCUT2D eigenvalue weighted by atomic mass is 9.98. The minimum atomic E-state index is -0.105. The molecule has 0 spiro atoms. The standard InChI is InChI=1S/C15H14BrCl/c1-10-7-8-12(11(2)9-10)15(17)13-5-3-4-6-14(13)16/h3-9,15H,1-2H3. The van der Waals surface area contributed by atoms with Gasteiger partial charge in [0.05, 0.1) is 5.38 Å². The highest BCUT2D eigenvalue weighted by Crippen LogP contribution is 2.35. The van der Waals surface area contributed by atoms with E-state index in [9.17, 15) is 0 Å². The molecule has 0 N–H and O–H groups in total. The van der Waals surface area contributed by atoms with Gasteiger partial charge < -0.3 is 0 Å². The van der Waals surface area contributed by atoms with Crippen molar-refractivity contribution in [3.63, 3.8) is 0 Å². The molecule has 0 aliphatic heterocycles. The molecule has 0 nitrogen and oxygen atoms in total. The van der Waals surface area contributed by atoms with Gasteiger partial charge in [0.1, 0.15) is 0 Å². The number of hydrogen-bond acceptors (Lipinski definition) is 0. The van der Waals surface area contributed by atoms with Crippen LogP contribution in [0, 0.1) is 13.8 Å². The highest BCUT2D eigenvalue weighted by molar-refractivity contribution is 9.10. The molecule has 2 aromatic carbocycles. The van der Waals surface area contributed by atoms with Crippen molar-refractivity contribution >= 4 is 27.5 Å². The molecule has 0 saturated carbocycles. The number of halogens is 2. The summed E-state index contributed by atoms with van der Waals surface area (Å²) in [6.45, 7) is 4.20.